The van der Waals surface area contributed by atoms with Crippen molar-refractivity contribution in [2.75, 3.05) is 0 Å². The summed E-state index contributed by atoms with van der Waals surface area (Å²) in [6.45, 7) is 0. The smallest absolute Gasteiger partial charge is 0.270 e. The molecule has 2 aromatic carbocycles. The highest BCUT2D eigenvalue weighted by Gasteiger charge is 2.13. The minimum absolute atomic E-state index is 0.0556. The van der Waals surface area contributed by atoms with E-state index in [4.69, 9.17) is 0 Å². The van der Waals surface area contributed by atoms with E-state index in [1.807, 2.05) is 0 Å². The zero-order chi connectivity index (χ0) is 13.6. The zero-order valence-corrected chi connectivity index (χ0v) is 9.41. The van der Waals surface area contributed by atoms with E-state index in [2.05, 4.69) is 11.1 Å². The standard InChI is InChI=1S/C12H6N3O4/c16-14(17)7-1-3-11-9(5-7)10-6-8(15(18)19)2-4-12(10)13-11/h1-3,5-6,13H. The van der Waals surface area contributed by atoms with Crippen LogP contribution in [-0.4, -0.2) is 14.8 Å². The number of hydrogen-bond acceptors (Lipinski definition) is 4. The van der Waals surface area contributed by atoms with Crippen molar-refractivity contribution in [3.05, 3.63) is 56.6 Å². The fourth-order valence-electron chi connectivity index (χ4n) is 2.02. The molecule has 0 aliphatic rings. The van der Waals surface area contributed by atoms with Gasteiger partial charge in [0.05, 0.1) is 15.4 Å². The van der Waals surface area contributed by atoms with Gasteiger partial charge in [0.15, 0.2) is 0 Å². The Hall–Kier alpha value is -2.96. The van der Waals surface area contributed by atoms with Crippen LogP contribution in [0.15, 0.2) is 30.3 Å². The number of nitrogens with zero attached hydrogens (tertiary/aromatic N) is 2. The Kier molecular flexibility index (Phi) is 2.21. The van der Waals surface area contributed by atoms with E-state index in [0.29, 0.717) is 21.8 Å². The van der Waals surface area contributed by atoms with Gasteiger partial charge in [-0.1, -0.05) is 0 Å². The predicted molar refractivity (Wildman–Crippen MR) is 67.9 cm³/mol. The zero-order valence-electron chi connectivity index (χ0n) is 9.41. The minimum atomic E-state index is -0.522. The maximum Gasteiger partial charge on any atom is 0.270 e. The van der Waals surface area contributed by atoms with Crippen molar-refractivity contribution >= 4 is 33.2 Å². The van der Waals surface area contributed by atoms with Crippen LogP contribution < -0.4 is 0 Å². The van der Waals surface area contributed by atoms with Gasteiger partial charge < -0.3 is 4.98 Å². The van der Waals surface area contributed by atoms with Crippen LogP contribution in [0.4, 0.5) is 11.4 Å². The summed E-state index contributed by atoms with van der Waals surface area (Å²) < 4.78 is 0. The van der Waals surface area contributed by atoms with E-state index in [1.54, 1.807) is 6.07 Å². The summed E-state index contributed by atoms with van der Waals surface area (Å²) in [4.78, 5) is 23.5. The molecule has 3 rings (SSSR count). The Labute approximate surface area is 105 Å². The van der Waals surface area contributed by atoms with Gasteiger partial charge in [0.25, 0.3) is 11.4 Å². The first-order valence-electron chi connectivity index (χ1n) is 5.32. The normalized spacial score (nSPS) is 10.9. The summed E-state index contributed by atoms with van der Waals surface area (Å²) in [7, 11) is 0. The van der Waals surface area contributed by atoms with Crippen molar-refractivity contribution < 1.29 is 9.85 Å². The summed E-state index contributed by atoms with van der Waals surface area (Å²) in [6.07, 6.45) is 0. The Bertz CT molecular complexity index is 769. The third-order valence-corrected chi connectivity index (χ3v) is 2.90. The molecular formula is C12H6N3O4. The number of aromatic amines is 1. The quantitative estimate of drug-likeness (QED) is 0.562. The van der Waals surface area contributed by atoms with Crippen LogP contribution in [0.5, 0.6) is 0 Å². The highest BCUT2D eigenvalue weighted by molar-refractivity contribution is 6.08. The Morgan fingerprint density at radius 3 is 2.37 bits per heavy atom. The van der Waals surface area contributed by atoms with Crippen molar-refractivity contribution in [1.29, 1.82) is 0 Å². The molecular weight excluding hydrogens is 250 g/mol. The largest absolute Gasteiger partial charge is 0.354 e. The maximum atomic E-state index is 10.8. The average molecular weight is 256 g/mol. The molecule has 7 heteroatoms. The first-order valence-corrected chi connectivity index (χ1v) is 5.32. The summed E-state index contributed by atoms with van der Waals surface area (Å²) >= 11 is 0. The molecule has 3 aromatic rings. The molecule has 0 amide bonds. The highest BCUT2D eigenvalue weighted by Crippen LogP contribution is 2.30. The number of fused-ring (bicyclic) bond motifs is 3. The molecule has 1 radical (unpaired) electrons. The van der Waals surface area contributed by atoms with Crippen molar-refractivity contribution in [1.82, 2.24) is 4.98 Å². The second kappa shape index (κ2) is 3.77. The van der Waals surface area contributed by atoms with Gasteiger partial charge in [-0.2, -0.15) is 0 Å². The van der Waals surface area contributed by atoms with Crippen LogP contribution in [-0.2, 0) is 0 Å². The van der Waals surface area contributed by atoms with Gasteiger partial charge in [-0.15, -0.1) is 0 Å². The van der Waals surface area contributed by atoms with E-state index in [-0.39, 0.29) is 11.4 Å². The van der Waals surface area contributed by atoms with Gasteiger partial charge in [0.2, 0.25) is 0 Å². The monoisotopic (exact) mass is 256 g/mol. The number of benzene rings is 2. The van der Waals surface area contributed by atoms with Gasteiger partial charge in [-0.05, 0) is 6.07 Å². The highest BCUT2D eigenvalue weighted by atomic mass is 16.6. The predicted octanol–water partition coefficient (Wildman–Crippen LogP) is 2.94. The molecule has 19 heavy (non-hydrogen) atoms. The van der Waals surface area contributed by atoms with Gasteiger partial charge in [-0.25, -0.2) is 0 Å². The molecule has 7 nitrogen and oxygen atoms in total. The summed E-state index contributed by atoms with van der Waals surface area (Å²) in [5.41, 5.74) is 1.11. The van der Waals surface area contributed by atoms with Crippen LogP contribution in [0.3, 0.4) is 0 Å². The van der Waals surface area contributed by atoms with Crippen molar-refractivity contribution in [2.45, 2.75) is 0 Å². The molecule has 0 aliphatic carbocycles. The van der Waals surface area contributed by atoms with Crippen molar-refractivity contribution in [3.8, 4) is 0 Å². The van der Waals surface area contributed by atoms with Crippen LogP contribution >= 0.6 is 0 Å². The lowest BCUT2D eigenvalue weighted by Gasteiger charge is -1.93. The minimum Gasteiger partial charge on any atom is -0.354 e. The Balaban J connectivity index is 2.37. The van der Waals surface area contributed by atoms with Crippen LogP contribution in [0, 0.1) is 26.3 Å². The number of nitro benzene ring substituents is 2. The molecule has 0 unspecified atom stereocenters. The lowest BCUT2D eigenvalue weighted by atomic mass is 10.1. The van der Waals surface area contributed by atoms with Crippen LogP contribution in [0.25, 0.3) is 21.8 Å². The maximum absolute atomic E-state index is 10.8. The summed E-state index contributed by atoms with van der Waals surface area (Å²) in [5.74, 6) is 0. The van der Waals surface area contributed by atoms with Gasteiger partial charge >= 0.3 is 0 Å². The third-order valence-electron chi connectivity index (χ3n) is 2.90. The molecule has 1 N–H and O–H groups in total. The van der Waals surface area contributed by atoms with Crippen molar-refractivity contribution in [3.63, 3.8) is 0 Å². The van der Waals surface area contributed by atoms with E-state index >= 15 is 0 Å². The average Bonchev–Trinajstić information content (AvgIpc) is 2.75. The lowest BCUT2D eigenvalue weighted by molar-refractivity contribution is -0.385. The molecule has 0 saturated heterocycles. The number of nitro groups is 2. The van der Waals surface area contributed by atoms with E-state index < -0.39 is 9.85 Å². The molecule has 93 valence electrons. The molecule has 1 heterocycles. The molecule has 0 fully saturated rings. The molecule has 0 aliphatic heterocycles. The van der Waals surface area contributed by atoms with E-state index in [9.17, 15) is 20.2 Å². The Morgan fingerprint density at radius 2 is 1.68 bits per heavy atom. The second-order valence-electron chi connectivity index (χ2n) is 4.02. The summed E-state index contributed by atoms with van der Waals surface area (Å²) in [5, 5.41) is 22.6. The fourth-order valence-corrected chi connectivity index (χ4v) is 2.02. The van der Waals surface area contributed by atoms with E-state index in [1.165, 1.54) is 24.3 Å². The van der Waals surface area contributed by atoms with Gasteiger partial charge in [-0.3, -0.25) is 20.2 Å². The summed E-state index contributed by atoms with van der Waals surface area (Å²) in [6, 6.07) is 9.78. The molecule has 0 bridgehead atoms. The molecule has 0 spiro atoms. The number of nitrogens with one attached hydrogen (secondary N) is 1. The second-order valence-corrected chi connectivity index (χ2v) is 4.02. The number of non-ortho nitro benzene ring substituents is 2. The van der Waals surface area contributed by atoms with Crippen LogP contribution in [0.2, 0.25) is 0 Å². The van der Waals surface area contributed by atoms with E-state index in [0.717, 1.165) is 0 Å². The SMILES string of the molecule is O=[N+]([O-])c1c[c]c2[nH]c3ccc([N+](=O)[O-])cc3c2c1. The van der Waals surface area contributed by atoms with Gasteiger partial charge in [0, 0.05) is 46.6 Å². The Morgan fingerprint density at radius 1 is 1.00 bits per heavy atom. The first kappa shape index (κ1) is 11.1. The molecule has 0 atom stereocenters. The fraction of sp³-hybridized carbons (Fsp3) is 0. The number of rotatable bonds is 2. The molecule has 0 saturated carbocycles. The van der Waals surface area contributed by atoms with Crippen LogP contribution in [0.1, 0.15) is 0 Å². The first-order chi connectivity index (χ1) is 9.06. The van der Waals surface area contributed by atoms with Crippen molar-refractivity contribution in [2.24, 2.45) is 0 Å². The van der Waals surface area contributed by atoms with Gasteiger partial charge in [0.1, 0.15) is 0 Å². The third kappa shape index (κ3) is 1.68. The lowest BCUT2D eigenvalue weighted by Crippen LogP contribution is -1.87. The topological polar surface area (TPSA) is 102 Å². The number of H-pyrrole nitrogens is 1. The molecule has 1 aromatic heterocycles. The number of hydrogen-bond donors (Lipinski definition) is 1. The number of aromatic nitrogens is 1.